The number of imidazole rings is 2. The molecule has 0 saturated heterocycles. The van der Waals surface area contributed by atoms with Gasteiger partial charge in [0.2, 0.25) is 0 Å². The minimum absolute atomic E-state index is 0.0240. The van der Waals surface area contributed by atoms with Crippen LogP contribution in [-0.4, -0.2) is 31.3 Å². The number of benzene rings is 1. The minimum atomic E-state index is -0.0240. The Kier molecular flexibility index (Phi) is 4.13. The average Bonchev–Trinajstić information content (AvgIpc) is 3.07. The number of aromatic amines is 1. The molecule has 6 heteroatoms. The molecule has 3 aromatic rings. The van der Waals surface area contributed by atoms with Crippen LogP contribution < -0.4 is 5.32 Å². The molecule has 0 aliphatic carbocycles. The average molecular weight is 325 g/mol. The molecule has 0 aliphatic rings. The molecule has 2 N–H and O–H groups in total. The SMILES string of the molecule is CC(C)Nc1cn(C)c(-c2nc3ccc(C(=O)C(C)C)cc3[nH]2)n1. The maximum atomic E-state index is 12.2. The van der Waals surface area contributed by atoms with Gasteiger partial charge in [-0.2, -0.15) is 0 Å². The monoisotopic (exact) mass is 325 g/mol. The number of hydrogen-bond donors (Lipinski definition) is 2. The number of carbonyl (C=O) groups excluding carboxylic acids is 1. The Balaban J connectivity index is 1.99. The highest BCUT2D eigenvalue weighted by Crippen LogP contribution is 2.23. The van der Waals surface area contributed by atoms with Crippen molar-refractivity contribution in [2.75, 3.05) is 5.32 Å². The van der Waals surface area contributed by atoms with Crippen molar-refractivity contribution in [3.63, 3.8) is 0 Å². The fourth-order valence-electron chi connectivity index (χ4n) is 2.65. The number of rotatable bonds is 5. The van der Waals surface area contributed by atoms with Crippen LogP contribution in [0.5, 0.6) is 0 Å². The zero-order valence-electron chi connectivity index (χ0n) is 14.7. The lowest BCUT2D eigenvalue weighted by Gasteiger charge is -2.04. The molecular formula is C18H23N5O. The molecule has 3 rings (SSSR count). The van der Waals surface area contributed by atoms with E-state index in [4.69, 9.17) is 0 Å². The summed E-state index contributed by atoms with van der Waals surface area (Å²) in [5.41, 5.74) is 2.37. The van der Waals surface area contributed by atoms with E-state index in [-0.39, 0.29) is 11.7 Å². The number of ketones is 1. The van der Waals surface area contributed by atoms with E-state index in [0.717, 1.165) is 22.7 Å². The molecule has 1 aromatic carbocycles. The highest BCUT2D eigenvalue weighted by molar-refractivity contribution is 6.00. The van der Waals surface area contributed by atoms with Crippen molar-refractivity contribution >= 4 is 22.6 Å². The predicted molar refractivity (Wildman–Crippen MR) is 96.2 cm³/mol. The number of aromatic nitrogens is 4. The van der Waals surface area contributed by atoms with Crippen LogP contribution in [0.25, 0.3) is 22.7 Å². The number of Topliss-reactive ketones (excluding diaryl/α,β-unsaturated/α-hetero) is 1. The van der Waals surface area contributed by atoms with Crippen molar-refractivity contribution in [1.82, 2.24) is 19.5 Å². The van der Waals surface area contributed by atoms with E-state index in [2.05, 4.69) is 34.1 Å². The normalized spacial score (nSPS) is 11.6. The molecule has 0 aliphatic heterocycles. The molecular weight excluding hydrogens is 302 g/mol. The third kappa shape index (κ3) is 3.04. The van der Waals surface area contributed by atoms with Crippen molar-refractivity contribution in [2.45, 2.75) is 33.7 Å². The fourth-order valence-corrected chi connectivity index (χ4v) is 2.65. The second kappa shape index (κ2) is 6.11. The quantitative estimate of drug-likeness (QED) is 0.703. The highest BCUT2D eigenvalue weighted by atomic mass is 16.1. The molecule has 0 bridgehead atoms. The first-order valence-electron chi connectivity index (χ1n) is 8.19. The first-order valence-corrected chi connectivity index (χ1v) is 8.19. The van der Waals surface area contributed by atoms with E-state index in [1.54, 1.807) is 0 Å². The number of nitrogens with zero attached hydrogens (tertiary/aromatic N) is 3. The molecule has 0 radical (unpaired) electrons. The molecule has 0 unspecified atom stereocenters. The number of anilines is 1. The molecule has 2 heterocycles. The molecule has 0 saturated carbocycles. The van der Waals surface area contributed by atoms with Crippen LogP contribution in [0.3, 0.4) is 0 Å². The Bertz CT molecular complexity index is 888. The molecule has 2 aromatic heterocycles. The molecule has 0 fully saturated rings. The summed E-state index contributed by atoms with van der Waals surface area (Å²) in [7, 11) is 1.94. The van der Waals surface area contributed by atoms with Crippen molar-refractivity contribution in [1.29, 1.82) is 0 Å². The summed E-state index contributed by atoms with van der Waals surface area (Å²) in [6.07, 6.45) is 1.94. The Labute approximate surface area is 141 Å². The van der Waals surface area contributed by atoms with Crippen molar-refractivity contribution in [2.24, 2.45) is 13.0 Å². The zero-order chi connectivity index (χ0) is 17.4. The van der Waals surface area contributed by atoms with Gasteiger partial charge >= 0.3 is 0 Å². The van der Waals surface area contributed by atoms with Crippen LogP contribution in [0, 0.1) is 5.92 Å². The molecule has 6 nitrogen and oxygen atoms in total. The topological polar surface area (TPSA) is 75.6 Å². The van der Waals surface area contributed by atoms with Crippen LogP contribution >= 0.6 is 0 Å². The van der Waals surface area contributed by atoms with Gasteiger partial charge in [-0.15, -0.1) is 0 Å². The number of carbonyl (C=O) groups is 1. The van der Waals surface area contributed by atoms with Gasteiger partial charge in [-0.3, -0.25) is 4.79 Å². The third-order valence-electron chi connectivity index (χ3n) is 3.82. The van der Waals surface area contributed by atoms with Gasteiger partial charge in [0.25, 0.3) is 0 Å². The summed E-state index contributed by atoms with van der Waals surface area (Å²) in [5, 5.41) is 3.29. The van der Waals surface area contributed by atoms with E-state index >= 15 is 0 Å². The summed E-state index contributed by atoms with van der Waals surface area (Å²) in [5.74, 6) is 2.38. The first kappa shape index (κ1) is 16.2. The van der Waals surface area contributed by atoms with Gasteiger partial charge < -0.3 is 14.9 Å². The largest absolute Gasteiger partial charge is 0.367 e. The lowest BCUT2D eigenvalue weighted by molar-refractivity contribution is 0.0939. The molecule has 0 atom stereocenters. The highest BCUT2D eigenvalue weighted by Gasteiger charge is 2.15. The smallest absolute Gasteiger partial charge is 0.178 e. The second-order valence-corrected chi connectivity index (χ2v) is 6.70. The lowest BCUT2D eigenvalue weighted by Crippen LogP contribution is -2.09. The van der Waals surface area contributed by atoms with Crippen LogP contribution in [0.4, 0.5) is 5.82 Å². The van der Waals surface area contributed by atoms with E-state index in [1.165, 1.54) is 0 Å². The fraction of sp³-hybridized carbons (Fsp3) is 0.389. The Hall–Kier alpha value is -2.63. The maximum absolute atomic E-state index is 12.2. The van der Waals surface area contributed by atoms with Crippen LogP contribution in [-0.2, 0) is 7.05 Å². The molecule has 0 amide bonds. The standard InChI is InChI=1S/C18H23N5O/c1-10(2)16(24)12-6-7-13-14(8-12)21-17(20-13)18-22-15(9-23(18)5)19-11(3)4/h6-11,19H,1-5H3,(H,20,21). The Morgan fingerprint density at radius 1 is 1.21 bits per heavy atom. The van der Waals surface area contributed by atoms with Crippen LogP contribution in [0.1, 0.15) is 38.1 Å². The number of fused-ring (bicyclic) bond motifs is 1. The maximum Gasteiger partial charge on any atom is 0.178 e. The van der Waals surface area contributed by atoms with E-state index in [9.17, 15) is 4.79 Å². The van der Waals surface area contributed by atoms with Crippen molar-refractivity contribution in [3.05, 3.63) is 30.0 Å². The van der Waals surface area contributed by atoms with Gasteiger partial charge in [0.1, 0.15) is 5.82 Å². The number of hydrogen-bond acceptors (Lipinski definition) is 4. The summed E-state index contributed by atoms with van der Waals surface area (Å²) in [6, 6.07) is 5.89. The van der Waals surface area contributed by atoms with Gasteiger partial charge in [-0.1, -0.05) is 13.8 Å². The summed E-state index contributed by atoms with van der Waals surface area (Å²) < 4.78 is 1.93. The van der Waals surface area contributed by atoms with Crippen molar-refractivity contribution in [3.8, 4) is 11.6 Å². The number of nitrogens with one attached hydrogen (secondary N) is 2. The van der Waals surface area contributed by atoms with Gasteiger partial charge in [-0.25, -0.2) is 9.97 Å². The predicted octanol–water partition coefficient (Wildman–Crippen LogP) is 3.62. The summed E-state index contributed by atoms with van der Waals surface area (Å²) >= 11 is 0. The van der Waals surface area contributed by atoms with Gasteiger partial charge in [0.05, 0.1) is 11.0 Å². The molecule has 126 valence electrons. The van der Waals surface area contributed by atoms with Gasteiger partial charge in [0, 0.05) is 30.8 Å². The summed E-state index contributed by atoms with van der Waals surface area (Å²) in [4.78, 5) is 24.6. The lowest BCUT2D eigenvalue weighted by atomic mass is 10.0. The van der Waals surface area contributed by atoms with E-state index < -0.39 is 0 Å². The van der Waals surface area contributed by atoms with Crippen LogP contribution in [0.2, 0.25) is 0 Å². The number of H-pyrrole nitrogens is 1. The Morgan fingerprint density at radius 2 is 1.96 bits per heavy atom. The zero-order valence-corrected chi connectivity index (χ0v) is 14.7. The summed E-state index contributed by atoms with van der Waals surface area (Å²) in [6.45, 7) is 7.95. The van der Waals surface area contributed by atoms with E-state index in [1.807, 2.05) is 49.9 Å². The minimum Gasteiger partial charge on any atom is -0.367 e. The van der Waals surface area contributed by atoms with Gasteiger partial charge in [-0.05, 0) is 32.0 Å². The third-order valence-corrected chi connectivity index (χ3v) is 3.82. The van der Waals surface area contributed by atoms with Crippen molar-refractivity contribution < 1.29 is 4.79 Å². The van der Waals surface area contributed by atoms with Gasteiger partial charge in [0.15, 0.2) is 17.4 Å². The van der Waals surface area contributed by atoms with Crippen LogP contribution in [0.15, 0.2) is 24.4 Å². The second-order valence-electron chi connectivity index (χ2n) is 6.70. The molecule has 0 spiro atoms. The Morgan fingerprint density at radius 3 is 2.62 bits per heavy atom. The molecule has 24 heavy (non-hydrogen) atoms. The number of aryl methyl sites for hydroxylation is 1. The first-order chi connectivity index (χ1) is 11.3. The van der Waals surface area contributed by atoms with E-state index in [0.29, 0.717) is 17.4 Å².